The molecule has 1 aromatic carbocycles. The number of thiazole rings is 1. The lowest BCUT2D eigenvalue weighted by Gasteiger charge is -2.27. The molecule has 0 saturated carbocycles. The summed E-state index contributed by atoms with van der Waals surface area (Å²) in [7, 11) is 1.73. The fourth-order valence-corrected chi connectivity index (χ4v) is 4.79. The molecule has 1 unspecified atom stereocenters. The fraction of sp³-hybridized carbons (Fsp3) is 0.409. The van der Waals surface area contributed by atoms with E-state index in [9.17, 15) is 0 Å². The van der Waals surface area contributed by atoms with Crippen LogP contribution >= 0.6 is 11.3 Å². The molecule has 4 rings (SSSR count). The van der Waals surface area contributed by atoms with Crippen LogP contribution in [0.1, 0.15) is 36.1 Å². The van der Waals surface area contributed by atoms with Gasteiger partial charge in [0, 0.05) is 31.6 Å². The van der Waals surface area contributed by atoms with Crippen molar-refractivity contribution >= 4 is 22.6 Å². The van der Waals surface area contributed by atoms with Crippen molar-refractivity contribution < 1.29 is 4.74 Å². The van der Waals surface area contributed by atoms with E-state index in [0.29, 0.717) is 0 Å². The van der Waals surface area contributed by atoms with Crippen molar-refractivity contribution in [1.82, 2.24) is 9.88 Å². The summed E-state index contributed by atoms with van der Waals surface area (Å²) in [6.07, 6.45) is 9.58. The Kier molecular flexibility index (Phi) is 6.10. The number of benzene rings is 1. The van der Waals surface area contributed by atoms with Crippen LogP contribution in [0.4, 0.5) is 5.69 Å². The lowest BCUT2D eigenvalue weighted by Crippen LogP contribution is -2.38. The summed E-state index contributed by atoms with van der Waals surface area (Å²) in [4.78, 5) is 9.61. The molecule has 1 atom stereocenters. The molecule has 1 saturated heterocycles. The molecule has 2 aromatic rings. The highest BCUT2D eigenvalue weighted by Gasteiger charge is 2.24. The highest BCUT2D eigenvalue weighted by Crippen LogP contribution is 2.31. The number of allylic oxidation sites excluding steroid dienone is 4. The number of rotatable bonds is 5. The first-order chi connectivity index (χ1) is 13.8. The zero-order valence-electron chi connectivity index (χ0n) is 16.4. The van der Waals surface area contributed by atoms with Crippen molar-refractivity contribution in [2.45, 2.75) is 25.4 Å². The molecular formula is C22H28N4OS. The minimum Gasteiger partial charge on any atom is -0.495 e. The topological polar surface area (TPSA) is 54.6 Å². The molecule has 1 aliphatic carbocycles. The molecule has 1 aliphatic heterocycles. The molecule has 5 nitrogen and oxygen atoms in total. The van der Waals surface area contributed by atoms with Crippen molar-refractivity contribution in [3.63, 3.8) is 0 Å². The van der Waals surface area contributed by atoms with E-state index in [4.69, 9.17) is 15.5 Å². The van der Waals surface area contributed by atoms with Gasteiger partial charge in [-0.05, 0) is 37.0 Å². The maximum atomic E-state index is 6.62. The van der Waals surface area contributed by atoms with Gasteiger partial charge in [0.05, 0.1) is 18.5 Å². The number of ether oxygens (including phenoxy) is 1. The summed E-state index contributed by atoms with van der Waals surface area (Å²) in [5, 5.41) is 3.24. The molecule has 28 heavy (non-hydrogen) atoms. The van der Waals surface area contributed by atoms with Crippen LogP contribution in [-0.2, 0) is 0 Å². The fourth-order valence-electron chi connectivity index (χ4n) is 3.88. The second-order valence-electron chi connectivity index (χ2n) is 7.23. The lowest BCUT2D eigenvalue weighted by molar-refractivity contribution is 0.213. The van der Waals surface area contributed by atoms with E-state index >= 15 is 0 Å². The Hall–Kier alpha value is -2.15. The second kappa shape index (κ2) is 8.90. The molecule has 1 fully saturated rings. The molecular weight excluding hydrogens is 368 g/mol. The summed E-state index contributed by atoms with van der Waals surface area (Å²) in [6, 6.07) is 8.24. The molecule has 0 spiro atoms. The third kappa shape index (κ3) is 4.14. The van der Waals surface area contributed by atoms with E-state index in [1.54, 1.807) is 18.4 Å². The molecule has 6 heteroatoms. The third-order valence-electron chi connectivity index (χ3n) is 5.46. The van der Waals surface area contributed by atoms with Gasteiger partial charge in [-0.1, -0.05) is 30.4 Å². The average Bonchev–Trinajstić information content (AvgIpc) is 3.12. The maximum absolute atomic E-state index is 6.62. The van der Waals surface area contributed by atoms with E-state index < -0.39 is 0 Å². The first kappa shape index (κ1) is 19.2. The Morgan fingerprint density at radius 2 is 2.07 bits per heavy atom. The maximum Gasteiger partial charge on any atom is 0.142 e. The number of anilines is 1. The van der Waals surface area contributed by atoms with Gasteiger partial charge in [-0.25, -0.2) is 4.98 Å². The number of aromatic nitrogens is 1. The zero-order valence-corrected chi connectivity index (χ0v) is 17.2. The molecule has 0 bridgehead atoms. The Bertz CT molecular complexity index is 860. The monoisotopic (exact) mass is 396 g/mol. The standard InChI is InChI=1S/C22H28N4OS/c1-27-20-11-6-5-10-19(20)25-12-7-13-26(15-14-25)21(23)18-16-28-22(24-18)17-8-3-2-4-9-17/h2-3,5-6,8,10-11,16,21H,4,7,9,12-15,23H2,1H3. The van der Waals surface area contributed by atoms with E-state index in [2.05, 4.69) is 45.5 Å². The van der Waals surface area contributed by atoms with Crippen LogP contribution in [0.2, 0.25) is 0 Å². The number of nitrogens with zero attached hydrogens (tertiary/aromatic N) is 3. The summed E-state index contributed by atoms with van der Waals surface area (Å²) in [5.41, 5.74) is 10.1. The van der Waals surface area contributed by atoms with Crippen molar-refractivity contribution in [3.05, 3.63) is 58.6 Å². The number of methoxy groups -OCH3 is 1. The first-order valence-corrected chi connectivity index (χ1v) is 10.8. The second-order valence-corrected chi connectivity index (χ2v) is 8.09. The van der Waals surface area contributed by atoms with Crippen molar-refractivity contribution in [1.29, 1.82) is 0 Å². The van der Waals surface area contributed by atoms with Crippen LogP contribution in [0.15, 0.2) is 47.9 Å². The number of hydrogen-bond acceptors (Lipinski definition) is 6. The molecule has 2 heterocycles. The first-order valence-electron chi connectivity index (χ1n) is 9.95. The van der Waals surface area contributed by atoms with Gasteiger partial charge in [0.25, 0.3) is 0 Å². The van der Waals surface area contributed by atoms with Gasteiger partial charge in [0.2, 0.25) is 0 Å². The van der Waals surface area contributed by atoms with E-state index in [-0.39, 0.29) is 6.17 Å². The summed E-state index contributed by atoms with van der Waals surface area (Å²) >= 11 is 1.71. The predicted octanol–water partition coefficient (Wildman–Crippen LogP) is 4.05. The number of nitrogens with two attached hydrogens (primary N) is 1. The summed E-state index contributed by atoms with van der Waals surface area (Å²) in [6.45, 7) is 3.83. The summed E-state index contributed by atoms with van der Waals surface area (Å²) < 4.78 is 5.54. The van der Waals surface area contributed by atoms with Gasteiger partial charge in [-0.2, -0.15) is 0 Å². The van der Waals surface area contributed by atoms with Gasteiger partial charge >= 0.3 is 0 Å². The molecule has 2 N–H and O–H groups in total. The van der Waals surface area contributed by atoms with Crippen LogP contribution in [0.5, 0.6) is 5.75 Å². The van der Waals surface area contributed by atoms with Gasteiger partial charge < -0.3 is 15.4 Å². The quantitative estimate of drug-likeness (QED) is 0.826. The molecule has 1 aromatic heterocycles. The molecule has 148 valence electrons. The highest BCUT2D eigenvalue weighted by atomic mass is 32.1. The minimum atomic E-state index is -0.151. The van der Waals surface area contributed by atoms with Crippen LogP contribution in [0, 0.1) is 0 Å². The number of para-hydroxylation sites is 2. The largest absolute Gasteiger partial charge is 0.495 e. The molecule has 2 aliphatic rings. The Labute approximate surface area is 171 Å². The minimum absolute atomic E-state index is 0.151. The third-order valence-corrected chi connectivity index (χ3v) is 6.40. The van der Waals surface area contributed by atoms with Gasteiger partial charge in [-0.15, -0.1) is 11.3 Å². The Morgan fingerprint density at radius 3 is 2.89 bits per heavy atom. The van der Waals surface area contributed by atoms with Gasteiger partial charge in [-0.3, -0.25) is 4.90 Å². The van der Waals surface area contributed by atoms with Crippen LogP contribution in [-0.4, -0.2) is 43.2 Å². The van der Waals surface area contributed by atoms with Crippen molar-refractivity contribution in [2.24, 2.45) is 5.73 Å². The van der Waals surface area contributed by atoms with Crippen LogP contribution < -0.4 is 15.4 Å². The van der Waals surface area contributed by atoms with Gasteiger partial charge in [0.1, 0.15) is 16.9 Å². The van der Waals surface area contributed by atoms with E-state index in [0.717, 1.165) is 67.6 Å². The molecule has 0 amide bonds. The lowest BCUT2D eigenvalue weighted by atomic mass is 10.1. The van der Waals surface area contributed by atoms with Crippen molar-refractivity contribution in [3.8, 4) is 5.75 Å². The summed E-state index contributed by atoms with van der Waals surface area (Å²) in [5.74, 6) is 0.930. The smallest absolute Gasteiger partial charge is 0.142 e. The van der Waals surface area contributed by atoms with Gasteiger partial charge in [0.15, 0.2) is 0 Å². The predicted molar refractivity (Wildman–Crippen MR) is 117 cm³/mol. The Balaban J connectivity index is 1.43. The Morgan fingerprint density at radius 1 is 1.18 bits per heavy atom. The zero-order chi connectivity index (χ0) is 19.3. The van der Waals surface area contributed by atoms with Crippen molar-refractivity contribution in [2.75, 3.05) is 38.2 Å². The SMILES string of the molecule is COc1ccccc1N1CCCN(C(N)c2csc(C3=CC=CCC3)n2)CC1. The van der Waals surface area contributed by atoms with E-state index in [1.807, 2.05) is 12.1 Å². The number of hydrogen-bond donors (Lipinski definition) is 1. The average molecular weight is 397 g/mol. The normalized spacial score (nSPS) is 19.2. The van der Waals surface area contributed by atoms with Crippen LogP contribution in [0.25, 0.3) is 5.57 Å². The van der Waals surface area contributed by atoms with E-state index in [1.165, 1.54) is 5.57 Å². The highest BCUT2D eigenvalue weighted by molar-refractivity contribution is 7.10. The molecule has 0 radical (unpaired) electrons. The van der Waals surface area contributed by atoms with Crippen LogP contribution in [0.3, 0.4) is 0 Å².